The Morgan fingerprint density at radius 2 is 1.22 bits per heavy atom. The number of carboxylic acids is 3. The average molecular weight is 1120 g/mol. The summed E-state index contributed by atoms with van der Waals surface area (Å²) < 4.78 is 12.2. The normalized spacial score (nSPS) is 16.1. The maximum absolute atomic E-state index is 13.6. The lowest BCUT2D eigenvalue weighted by Crippen LogP contribution is -2.49. The van der Waals surface area contributed by atoms with Gasteiger partial charge in [0.1, 0.15) is 18.1 Å². The van der Waals surface area contributed by atoms with Gasteiger partial charge in [0.2, 0.25) is 35.4 Å². The fourth-order valence-electron chi connectivity index (χ4n) is 9.76. The van der Waals surface area contributed by atoms with Crippen LogP contribution in [0.3, 0.4) is 0 Å². The molecule has 0 aliphatic heterocycles. The standard InChI is InChI=1S/C56H92N8O15/c1-53(2,35-54(3,4)33-47(70)71)32-45(67)60-34-36-13-15-38(16-14-36)50(74)63-42(52(76)77)21-23-43(65)62-41(22-24-46(68)69)51(75)64(9)29-31-79-56(7,8)27-30-78-55(5,6)26-25-44(66)61-40(48(58)72)12-10-11-28-59-49(73)37-17-19-39(57)20-18-37/h17-20,36,38,40-42H,10-16,21-35,57H2,1-9H3,(H2,58,72)(H,59,73)(H,60,67)(H,61,66)(H,62,65)(H,63,74)(H,68,69)(H,70,71)(H,76,77). The van der Waals surface area contributed by atoms with E-state index in [4.69, 9.17) is 20.9 Å². The number of ether oxygens (including phenoxy) is 2. The molecule has 23 heteroatoms. The Labute approximate surface area is 465 Å². The van der Waals surface area contributed by atoms with Gasteiger partial charge in [0.15, 0.2) is 0 Å². The van der Waals surface area contributed by atoms with Gasteiger partial charge in [-0.2, -0.15) is 0 Å². The number of nitrogens with two attached hydrogens (primary N) is 2. The highest BCUT2D eigenvalue weighted by Gasteiger charge is 2.35. The number of rotatable bonds is 38. The summed E-state index contributed by atoms with van der Waals surface area (Å²) >= 11 is 0. The number of unbranched alkanes of at least 4 members (excludes halogenated alkanes) is 1. The third-order valence-corrected chi connectivity index (χ3v) is 14.1. The van der Waals surface area contributed by atoms with Crippen LogP contribution in [0.1, 0.15) is 175 Å². The van der Waals surface area contributed by atoms with E-state index in [1.54, 1.807) is 24.3 Å². The summed E-state index contributed by atoms with van der Waals surface area (Å²) in [5.74, 6) is -6.93. The van der Waals surface area contributed by atoms with Crippen LogP contribution in [0.15, 0.2) is 24.3 Å². The third kappa shape index (κ3) is 28.9. The molecule has 1 aliphatic carbocycles. The maximum Gasteiger partial charge on any atom is 0.326 e. The molecule has 79 heavy (non-hydrogen) atoms. The first kappa shape index (κ1) is 68.7. The molecule has 0 bridgehead atoms. The molecule has 12 N–H and O–H groups in total. The molecule has 0 spiro atoms. The molecule has 446 valence electrons. The van der Waals surface area contributed by atoms with Gasteiger partial charge in [-0.3, -0.25) is 43.2 Å². The monoisotopic (exact) mass is 1120 g/mol. The number of hydrogen-bond donors (Lipinski definition) is 10. The minimum absolute atomic E-state index is 0.00321. The van der Waals surface area contributed by atoms with Crippen LogP contribution in [0.5, 0.6) is 0 Å². The fourth-order valence-corrected chi connectivity index (χ4v) is 9.76. The number of nitrogens with zero attached hydrogens (tertiary/aromatic N) is 1. The van der Waals surface area contributed by atoms with Gasteiger partial charge in [-0.15, -0.1) is 0 Å². The molecule has 7 amide bonds. The lowest BCUT2D eigenvalue weighted by molar-refractivity contribution is -0.143. The van der Waals surface area contributed by atoms with Gasteiger partial charge in [0.05, 0.1) is 30.8 Å². The van der Waals surface area contributed by atoms with Crippen molar-refractivity contribution < 1.29 is 72.7 Å². The van der Waals surface area contributed by atoms with Crippen molar-refractivity contribution in [3.63, 3.8) is 0 Å². The lowest BCUT2D eigenvalue weighted by Gasteiger charge is -2.34. The third-order valence-electron chi connectivity index (χ3n) is 14.1. The molecule has 2 rings (SSSR count). The smallest absolute Gasteiger partial charge is 0.326 e. The van der Waals surface area contributed by atoms with Crippen molar-refractivity contribution >= 4 is 64.9 Å². The molecular formula is C56H92N8O15. The first-order valence-electron chi connectivity index (χ1n) is 27.5. The number of nitrogens with one attached hydrogen (secondary N) is 5. The number of amides is 7. The molecule has 0 saturated heterocycles. The van der Waals surface area contributed by atoms with Crippen molar-refractivity contribution in [1.82, 2.24) is 31.5 Å². The topological polar surface area (TPSA) is 365 Å². The summed E-state index contributed by atoms with van der Waals surface area (Å²) in [5, 5.41) is 42.1. The van der Waals surface area contributed by atoms with Crippen LogP contribution < -0.4 is 38.1 Å². The summed E-state index contributed by atoms with van der Waals surface area (Å²) in [5.41, 5.74) is 9.92. The van der Waals surface area contributed by atoms with E-state index in [0.29, 0.717) is 88.5 Å². The van der Waals surface area contributed by atoms with E-state index in [0.717, 1.165) is 0 Å². The number of carbonyl (C=O) groups excluding carboxylic acids is 7. The Morgan fingerprint density at radius 3 is 1.81 bits per heavy atom. The van der Waals surface area contributed by atoms with Crippen molar-refractivity contribution in [1.29, 1.82) is 0 Å². The van der Waals surface area contributed by atoms with Crippen molar-refractivity contribution in [3.05, 3.63) is 29.8 Å². The maximum atomic E-state index is 13.6. The average Bonchev–Trinajstić information content (AvgIpc) is 3.33. The van der Waals surface area contributed by atoms with E-state index in [1.807, 2.05) is 55.4 Å². The quantitative estimate of drug-likeness (QED) is 0.0326. The van der Waals surface area contributed by atoms with Gasteiger partial charge in [0, 0.05) is 69.5 Å². The Morgan fingerprint density at radius 1 is 0.646 bits per heavy atom. The van der Waals surface area contributed by atoms with E-state index in [2.05, 4.69) is 26.6 Å². The van der Waals surface area contributed by atoms with Gasteiger partial charge in [0.25, 0.3) is 5.91 Å². The molecule has 1 aliphatic rings. The number of nitrogen functional groups attached to an aromatic ring is 1. The second-order valence-electron chi connectivity index (χ2n) is 23.9. The van der Waals surface area contributed by atoms with Gasteiger partial charge in [-0.25, -0.2) is 4.79 Å². The van der Waals surface area contributed by atoms with Crippen LogP contribution >= 0.6 is 0 Å². The van der Waals surface area contributed by atoms with Gasteiger partial charge in [-0.1, -0.05) is 27.7 Å². The SMILES string of the molecule is CN(CCOC(C)(C)CCOC(C)(C)CCC(=O)NC(CCCCNC(=O)c1ccc(N)cc1)C(N)=O)C(=O)C(CCC(=O)O)NC(=O)CCC(NC(=O)C1CCC(CNC(=O)CC(C)(C)CC(C)(C)CC(=O)O)CC1)C(=O)O. The Balaban J connectivity index is 1.77. The number of carbonyl (C=O) groups is 10. The fraction of sp³-hybridized carbons (Fsp3) is 0.714. The predicted octanol–water partition coefficient (Wildman–Crippen LogP) is 4.29. The van der Waals surface area contributed by atoms with Crippen LogP contribution in [-0.4, -0.2) is 149 Å². The summed E-state index contributed by atoms with van der Waals surface area (Å²) in [6.07, 6.45) is 3.87. The van der Waals surface area contributed by atoms with Crippen LogP contribution in [0.4, 0.5) is 5.69 Å². The number of primary amides is 1. The predicted molar refractivity (Wildman–Crippen MR) is 295 cm³/mol. The molecule has 1 aromatic rings. The number of hydrogen-bond acceptors (Lipinski definition) is 13. The van der Waals surface area contributed by atoms with E-state index >= 15 is 0 Å². The number of anilines is 1. The zero-order valence-electron chi connectivity index (χ0n) is 48.1. The summed E-state index contributed by atoms with van der Waals surface area (Å²) in [7, 11) is 1.48. The molecule has 1 aromatic carbocycles. The van der Waals surface area contributed by atoms with E-state index in [1.165, 1.54) is 11.9 Å². The number of benzene rings is 1. The van der Waals surface area contributed by atoms with Crippen molar-refractivity contribution in [2.24, 2.45) is 28.4 Å². The van der Waals surface area contributed by atoms with Crippen LogP contribution in [0.25, 0.3) is 0 Å². The van der Waals surface area contributed by atoms with Gasteiger partial charge in [-0.05, 0) is 146 Å². The zero-order valence-corrected chi connectivity index (χ0v) is 48.1. The van der Waals surface area contributed by atoms with Gasteiger partial charge < -0.3 is 67.7 Å². The number of carboxylic acid groups (broad SMARTS) is 3. The first-order valence-corrected chi connectivity index (χ1v) is 27.5. The van der Waals surface area contributed by atoms with Crippen LogP contribution in [-0.2, 0) is 52.6 Å². The van der Waals surface area contributed by atoms with Crippen molar-refractivity contribution in [3.8, 4) is 0 Å². The molecule has 1 saturated carbocycles. The molecule has 0 heterocycles. The minimum atomic E-state index is -1.40. The highest BCUT2D eigenvalue weighted by Crippen LogP contribution is 2.38. The Bertz CT molecular complexity index is 2210. The Kier molecular flexibility index (Phi) is 28.4. The highest BCUT2D eigenvalue weighted by molar-refractivity contribution is 5.94. The van der Waals surface area contributed by atoms with Crippen molar-refractivity contribution in [2.45, 2.75) is 194 Å². The zero-order chi connectivity index (χ0) is 59.7. The molecule has 3 unspecified atom stereocenters. The van der Waals surface area contributed by atoms with Crippen LogP contribution in [0.2, 0.25) is 0 Å². The molecule has 23 nitrogen and oxygen atoms in total. The second kappa shape index (κ2) is 32.6. The summed E-state index contributed by atoms with van der Waals surface area (Å²) in [6, 6.07) is 3.01. The first-order chi connectivity index (χ1) is 36.7. The van der Waals surface area contributed by atoms with E-state index in [9.17, 15) is 63.3 Å². The summed E-state index contributed by atoms with van der Waals surface area (Å²) in [6.45, 7) is 16.2. The van der Waals surface area contributed by atoms with Crippen molar-refractivity contribution in [2.75, 3.05) is 45.6 Å². The van der Waals surface area contributed by atoms with Gasteiger partial charge >= 0.3 is 17.9 Å². The Hall–Kier alpha value is -6.36. The molecule has 0 radical (unpaired) electrons. The highest BCUT2D eigenvalue weighted by atomic mass is 16.5. The molecular weight excluding hydrogens is 1020 g/mol. The summed E-state index contributed by atoms with van der Waals surface area (Å²) in [4.78, 5) is 126. The number of aliphatic carboxylic acids is 3. The molecule has 1 fully saturated rings. The number of likely N-dealkylation sites (N-methyl/N-ethyl adjacent to an activating group) is 1. The van der Waals surface area contributed by atoms with E-state index < -0.39 is 94.0 Å². The molecule has 3 atom stereocenters. The van der Waals surface area contributed by atoms with Crippen LogP contribution in [0, 0.1) is 22.7 Å². The lowest BCUT2D eigenvalue weighted by atomic mass is 9.71. The molecule has 0 aromatic heterocycles. The van der Waals surface area contributed by atoms with E-state index in [-0.39, 0.29) is 81.9 Å². The largest absolute Gasteiger partial charge is 0.481 e. The minimum Gasteiger partial charge on any atom is -0.481 e. The second-order valence-corrected chi connectivity index (χ2v) is 23.9.